The maximum Gasteiger partial charge on any atom is 0.265 e. The van der Waals surface area contributed by atoms with E-state index in [-0.39, 0.29) is 4.90 Å². The van der Waals surface area contributed by atoms with E-state index in [1.165, 1.54) is 10.9 Å². The highest BCUT2D eigenvalue weighted by atomic mass is 127. The Balaban J connectivity index is 2.33. The molecule has 0 unspecified atom stereocenters. The van der Waals surface area contributed by atoms with E-state index in [2.05, 4.69) is 32.4 Å². The summed E-state index contributed by atoms with van der Waals surface area (Å²) in [5, 5.41) is 3.93. The third-order valence-corrected chi connectivity index (χ3v) is 4.78. The first-order valence-corrected chi connectivity index (χ1v) is 7.73. The van der Waals surface area contributed by atoms with Crippen LogP contribution in [-0.4, -0.2) is 18.2 Å². The van der Waals surface area contributed by atoms with Gasteiger partial charge < -0.3 is 0 Å². The van der Waals surface area contributed by atoms with Crippen LogP contribution < -0.4 is 4.72 Å². The van der Waals surface area contributed by atoms with Crippen LogP contribution in [-0.2, 0) is 17.1 Å². The Hall–Kier alpha value is -1.09. The van der Waals surface area contributed by atoms with Gasteiger partial charge in [0.15, 0.2) is 0 Å². The maximum atomic E-state index is 12.2. The van der Waals surface area contributed by atoms with Gasteiger partial charge in [-0.3, -0.25) is 9.40 Å². The number of halogens is 1. The van der Waals surface area contributed by atoms with E-state index in [4.69, 9.17) is 0 Å². The molecule has 0 bridgehead atoms. The molecular formula is C11H12IN3O2S. The van der Waals surface area contributed by atoms with E-state index in [0.29, 0.717) is 11.4 Å². The van der Waals surface area contributed by atoms with Crippen molar-refractivity contribution >= 4 is 38.3 Å². The third-order valence-electron chi connectivity index (χ3n) is 2.58. The SMILES string of the molecule is Cc1c(S(=O)(=O)Nc2ccc(I)cc2)cnn1C. The van der Waals surface area contributed by atoms with E-state index < -0.39 is 10.0 Å². The second-order valence-corrected chi connectivity index (χ2v) is 6.73. The molecule has 5 nitrogen and oxygen atoms in total. The summed E-state index contributed by atoms with van der Waals surface area (Å²) in [5.41, 5.74) is 1.15. The van der Waals surface area contributed by atoms with Crippen LogP contribution in [0.25, 0.3) is 0 Å². The number of hydrogen-bond acceptors (Lipinski definition) is 3. The lowest BCUT2D eigenvalue weighted by Crippen LogP contribution is -2.13. The zero-order valence-electron chi connectivity index (χ0n) is 9.88. The predicted octanol–water partition coefficient (Wildman–Crippen LogP) is 2.13. The van der Waals surface area contributed by atoms with Crippen molar-refractivity contribution in [2.24, 2.45) is 7.05 Å². The molecule has 1 aromatic carbocycles. The van der Waals surface area contributed by atoms with Crippen molar-refractivity contribution in [1.82, 2.24) is 9.78 Å². The summed E-state index contributed by atoms with van der Waals surface area (Å²) >= 11 is 2.16. The quantitative estimate of drug-likeness (QED) is 0.834. The summed E-state index contributed by atoms with van der Waals surface area (Å²) in [6.45, 7) is 1.72. The first-order chi connectivity index (χ1) is 8.40. The zero-order chi connectivity index (χ0) is 13.3. The highest BCUT2D eigenvalue weighted by Crippen LogP contribution is 2.19. The molecule has 0 spiro atoms. The zero-order valence-corrected chi connectivity index (χ0v) is 12.9. The highest BCUT2D eigenvalue weighted by molar-refractivity contribution is 14.1. The van der Waals surface area contributed by atoms with E-state index in [1.54, 1.807) is 26.1 Å². The topological polar surface area (TPSA) is 64.0 Å². The smallest absolute Gasteiger partial charge is 0.265 e. The van der Waals surface area contributed by atoms with Crippen LogP contribution >= 0.6 is 22.6 Å². The largest absolute Gasteiger partial charge is 0.280 e. The number of nitrogens with one attached hydrogen (secondary N) is 1. The molecule has 7 heteroatoms. The first kappa shape index (κ1) is 13.3. The van der Waals surface area contributed by atoms with Crippen molar-refractivity contribution in [2.45, 2.75) is 11.8 Å². The molecule has 1 heterocycles. The Morgan fingerprint density at radius 1 is 1.28 bits per heavy atom. The molecule has 96 valence electrons. The Morgan fingerprint density at radius 2 is 1.89 bits per heavy atom. The van der Waals surface area contributed by atoms with E-state index >= 15 is 0 Å². The minimum Gasteiger partial charge on any atom is -0.280 e. The second-order valence-electron chi connectivity index (χ2n) is 3.83. The highest BCUT2D eigenvalue weighted by Gasteiger charge is 2.19. The number of benzene rings is 1. The normalized spacial score (nSPS) is 11.5. The van der Waals surface area contributed by atoms with Crippen molar-refractivity contribution in [3.8, 4) is 0 Å². The van der Waals surface area contributed by atoms with Gasteiger partial charge in [0.1, 0.15) is 4.90 Å². The molecule has 2 aromatic rings. The Morgan fingerprint density at radius 3 is 2.39 bits per heavy atom. The summed E-state index contributed by atoms with van der Waals surface area (Å²) in [4.78, 5) is 0.198. The van der Waals surface area contributed by atoms with Crippen LogP contribution in [0.15, 0.2) is 35.4 Å². The van der Waals surface area contributed by atoms with E-state index in [0.717, 1.165) is 3.57 Å². The third kappa shape index (κ3) is 2.66. The average Bonchev–Trinajstić information content (AvgIpc) is 2.63. The standard InChI is InChI=1S/C11H12IN3O2S/c1-8-11(7-13-15(8)2)18(16,17)14-10-5-3-9(12)4-6-10/h3-7,14H,1-2H3. The lowest BCUT2D eigenvalue weighted by atomic mass is 10.3. The van der Waals surface area contributed by atoms with Crippen LogP contribution in [0, 0.1) is 10.5 Å². The van der Waals surface area contributed by atoms with E-state index in [1.807, 2.05) is 12.1 Å². The molecule has 0 aliphatic heterocycles. The fraction of sp³-hybridized carbons (Fsp3) is 0.182. The number of aryl methyl sites for hydroxylation is 1. The van der Waals surface area contributed by atoms with Gasteiger partial charge in [-0.1, -0.05) is 0 Å². The monoisotopic (exact) mass is 377 g/mol. The minimum absolute atomic E-state index is 0.198. The molecule has 0 aliphatic rings. The molecule has 18 heavy (non-hydrogen) atoms. The van der Waals surface area contributed by atoms with Crippen molar-refractivity contribution < 1.29 is 8.42 Å². The molecule has 0 aliphatic carbocycles. The van der Waals surface area contributed by atoms with Gasteiger partial charge in [-0.05, 0) is 53.8 Å². The second kappa shape index (κ2) is 4.88. The molecule has 0 saturated heterocycles. The van der Waals surface area contributed by atoms with Gasteiger partial charge in [-0.2, -0.15) is 5.10 Å². The molecule has 0 radical (unpaired) electrons. The summed E-state index contributed by atoms with van der Waals surface area (Å²) in [5.74, 6) is 0. The number of rotatable bonds is 3. The van der Waals surface area contributed by atoms with Crippen molar-refractivity contribution in [2.75, 3.05) is 4.72 Å². The van der Waals surface area contributed by atoms with Crippen molar-refractivity contribution in [3.05, 3.63) is 39.7 Å². The fourth-order valence-corrected chi connectivity index (χ4v) is 3.09. The number of nitrogens with zero attached hydrogens (tertiary/aromatic N) is 2. The first-order valence-electron chi connectivity index (χ1n) is 5.17. The summed E-state index contributed by atoms with van der Waals surface area (Å²) in [6, 6.07) is 7.14. The lowest BCUT2D eigenvalue weighted by Gasteiger charge is -2.07. The summed E-state index contributed by atoms with van der Waals surface area (Å²) in [7, 11) is -1.86. The number of sulfonamides is 1. The van der Waals surface area contributed by atoms with Crippen molar-refractivity contribution in [3.63, 3.8) is 0 Å². The average molecular weight is 377 g/mol. The molecule has 2 rings (SSSR count). The van der Waals surface area contributed by atoms with E-state index in [9.17, 15) is 8.42 Å². The van der Waals surface area contributed by atoms with Crippen LogP contribution in [0.4, 0.5) is 5.69 Å². The van der Waals surface area contributed by atoms with Gasteiger partial charge in [0, 0.05) is 16.3 Å². The molecule has 0 amide bonds. The van der Waals surface area contributed by atoms with Gasteiger partial charge in [0.2, 0.25) is 0 Å². The lowest BCUT2D eigenvalue weighted by molar-refractivity contribution is 0.600. The molecule has 0 fully saturated rings. The van der Waals surface area contributed by atoms with Gasteiger partial charge in [0.05, 0.1) is 11.9 Å². The van der Waals surface area contributed by atoms with Crippen molar-refractivity contribution in [1.29, 1.82) is 0 Å². The van der Waals surface area contributed by atoms with Crippen LogP contribution in [0.3, 0.4) is 0 Å². The summed E-state index contributed by atoms with van der Waals surface area (Å²) in [6.07, 6.45) is 1.35. The summed E-state index contributed by atoms with van der Waals surface area (Å²) < 4.78 is 29.4. The number of aromatic nitrogens is 2. The van der Waals surface area contributed by atoms with Gasteiger partial charge in [0.25, 0.3) is 10.0 Å². The Labute approximate surface area is 119 Å². The molecule has 1 aromatic heterocycles. The number of anilines is 1. The Kier molecular flexibility index (Phi) is 3.62. The predicted molar refractivity (Wildman–Crippen MR) is 77.9 cm³/mol. The number of hydrogen-bond donors (Lipinski definition) is 1. The molecule has 0 saturated carbocycles. The maximum absolute atomic E-state index is 12.2. The van der Waals surface area contributed by atoms with Crippen LogP contribution in [0.5, 0.6) is 0 Å². The van der Waals surface area contributed by atoms with Gasteiger partial charge in [-0.25, -0.2) is 8.42 Å². The van der Waals surface area contributed by atoms with Gasteiger partial charge >= 0.3 is 0 Å². The molecule has 0 atom stereocenters. The fourth-order valence-electron chi connectivity index (χ4n) is 1.47. The molecular weight excluding hydrogens is 365 g/mol. The van der Waals surface area contributed by atoms with Crippen LogP contribution in [0.2, 0.25) is 0 Å². The van der Waals surface area contributed by atoms with Crippen LogP contribution in [0.1, 0.15) is 5.69 Å². The minimum atomic E-state index is -3.57. The van der Waals surface area contributed by atoms with Gasteiger partial charge in [-0.15, -0.1) is 0 Å². The molecule has 1 N–H and O–H groups in total. The Bertz CT molecular complexity index is 662.